The lowest BCUT2D eigenvalue weighted by atomic mass is 10.1. The molecule has 0 saturated carbocycles. The number of rotatable bonds is 5. The van der Waals surface area contributed by atoms with Crippen LogP contribution in [0.3, 0.4) is 0 Å². The molecule has 96 valence electrons. The van der Waals surface area contributed by atoms with Gasteiger partial charge in [-0.15, -0.1) is 0 Å². The normalized spacial score (nSPS) is 12.5. The predicted molar refractivity (Wildman–Crippen MR) is 78.9 cm³/mol. The molecule has 0 bridgehead atoms. The zero-order valence-corrected chi connectivity index (χ0v) is 11.0. The highest BCUT2D eigenvalue weighted by Gasteiger charge is 2.09. The monoisotopic (exact) mass is 251 g/mol. The molecule has 0 aliphatic rings. The van der Waals surface area contributed by atoms with E-state index in [1.165, 1.54) is 0 Å². The van der Waals surface area contributed by atoms with Gasteiger partial charge in [-0.25, -0.2) is 0 Å². The molecule has 19 heavy (non-hydrogen) atoms. The molecule has 0 aromatic heterocycles. The van der Waals surface area contributed by atoms with Crippen molar-refractivity contribution in [1.29, 1.82) is 0 Å². The van der Waals surface area contributed by atoms with Gasteiger partial charge in [0, 0.05) is 18.2 Å². The molecular formula is C17H17NO. The summed E-state index contributed by atoms with van der Waals surface area (Å²) in [7, 11) is 0. The van der Waals surface area contributed by atoms with Crippen molar-refractivity contribution in [3.8, 4) is 0 Å². The van der Waals surface area contributed by atoms with Crippen LogP contribution in [-0.2, 0) is 0 Å². The Hall–Kier alpha value is -2.22. The summed E-state index contributed by atoms with van der Waals surface area (Å²) in [6.07, 6.45) is 2.26. The van der Waals surface area contributed by atoms with Gasteiger partial charge in [0.15, 0.2) is 5.78 Å². The van der Waals surface area contributed by atoms with Crippen LogP contribution < -0.4 is 0 Å². The number of carbonyl (C=O) groups excluding carboxylic acids is 1. The molecule has 2 rings (SSSR count). The van der Waals surface area contributed by atoms with Gasteiger partial charge in [0.2, 0.25) is 0 Å². The molecule has 2 aromatic rings. The van der Waals surface area contributed by atoms with E-state index in [4.69, 9.17) is 0 Å². The summed E-state index contributed by atoms with van der Waals surface area (Å²) in [5.74, 6) is 0.137. The molecule has 0 radical (unpaired) electrons. The molecule has 2 heteroatoms. The smallest absolute Gasteiger partial charge is 0.164 e. The number of carbonyl (C=O) groups is 1. The first-order chi connectivity index (χ1) is 9.25. The highest BCUT2D eigenvalue weighted by molar-refractivity contribution is 5.96. The summed E-state index contributed by atoms with van der Waals surface area (Å²) in [4.78, 5) is 16.4. The number of Topliss-reactive ketones (excluding diaryl/α,β-unsaturated/α-hetero) is 1. The van der Waals surface area contributed by atoms with Crippen molar-refractivity contribution in [3.05, 3.63) is 71.8 Å². The Morgan fingerprint density at radius 1 is 1.05 bits per heavy atom. The van der Waals surface area contributed by atoms with Crippen molar-refractivity contribution in [1.82, 2.24) is 0 Å². The quantitative estimate of drug-likeness (QED) is 0.587. The number of nitrogens with zero attached hydrogens (tertiary/aromatic N) is 1. The highest BCUT2D eigenvalue weighted by Crippen LogP contribution is 2.07. The van der Waals surface area contributed by atoms with Crippen molar-refractivity contribution in [2.45, 2.75) is 19.4 Å². The summed E-state index contributed by atoms with van der Waals surface area (Å²) in [6.45, 7) is 1.96. The SMILES string of the molecule is CC(CC(=O)c1ccccc1)N=Cc1ccccc1. The zero-order chi connectivity index (χ0) is 13.5. The maximum absolute atomic E-state index is 12.0. The fraction of sp³-hybridized carbons (Fsp3) is 0.176. The van der Waals surface area contributed by atoms with Gasteiger partial charge in [0.25, 0.3) is 0 Å². The largest absolute Gasteiger partial charge is 0.294 e. The molecule has 1 atom stereocenters. The average molecular weight is 251 g/mol. The molecule has 0 aliphatic carbocycles. The summed E-state index contributed by atoms with van der Waals surface area (Å²) >= 11 is 0. The number of ketones is 1. The molecule has 1 unspecified atom stereocenters. The van der Waals surface area contributed by atoms with Crippen molar-refractivity contribution in [2.24, 2.45) is 4.99 Å². The van der Waals surface area contributed by atoms with Gasteiger partial charge in [0.05, 0.1) is 6.04 Å². The van der Waals surface area contributed by atoms with Crippen molar-refractivity contribution in [2.75, 3.05) is 0 Å². The van der Waals surface area contributed by atoms with Crippen LogP contribution in [0.5, 0.6) is 0 Å². The Kier molecular flexibility index (Phi) is 4.62. The Morgan fingerprint density at radius 2 is 1.63 bits per heavy atom. The topological polar surface area (TPSA) is 29.4 Å². The molecule has 0 fully saturated rings. The molecule has 2 nitrogen and oxygen atoms in total. The average Bonchev–Trinajstić information content (AvgIpc) is 2.47. The molecule has 0 amide bonds. The lowest BCUT2D eigenvalue weighted by Gasteiger charge is -2.05. The number of aliphatic imine (C=N–C) groups is 1. The van der Waals surface area contributed by atoms with Gasteiger partial charge in [-0.05, 0) is 12.5 Å². The minimum Gasteiger partial charge on any atom is -0.294 e. The van der Waals surface area contributed by atoms with E-state index < -0.39 is 0 Å². The summed E-state index contributed by atoms with van der Waals surface area (Å²) in [5.41, 5.74) is 1.81. The van der Waals surface area contributed by atoms with E-state index in [1.807, 2.05) is 73.8 Å². The van der Waals surface area contributed by atoms with E-state index in [9.17, 15) is 4.79 Å². The minimum atomic E-state index is -0.00656. The number of hydrogen-bond donors (Lipinski definition) is 0. The first kappa shape index (κ1) is 13.2. The fourth-order valence-corrected chi connectivity index (χ4v) is 1.82. The third-order valence-corrected chi connectivity index (χ3v) is 2.85. The molecular weight excluding hydrogens is 234 g/mol. The van der Waals surface area contributed by atoms with Crippen LogP contribution in [-0.4, -0.2) is 18.0 Å². The van der Waals surface area contributed by atoms with Gasteiger partial charge in [-0.2, -0.15) is 0 Å². The summed E-state index contributed by atoms with van der Waals surface area (Å²) in [6, 6.07) is 19.3. The van der Waals surface area contributed by atoms with E-state index in [0.717, 1.165) is 11.1 Å². The Balaban J connectivity index is 1.93. The van der Waals surface area contributed by atoms with E-state index in [-0.39, 0.29) is 11.8 Å². The maximum Gasteiger partial charge on any atom is 0.164 e. The molecule has 2 aromatic carbocycles. The van der Waals surface area contributed by atoms with Gasteiger partial charge >= 0.3 is 0 Å². The molecule has 0 spiro atoms. The van der Waals surface area contributed by atoms with Gasteiger partial charge in [0.1, 0.15) is 0 Å². The third-order valence-electron chi connectivity index (χ3n) is 2.85. The van der Waals surface area contributed by atoms with Gasteiger partial charge in [-0.3, -0.25) is 9.79 Å². The fourth-order valence-electron chi connectivity index (χ4n) is 1.82. The standard InChI is InChI=1S/C17H17NO/c1-14(18-13-15-8-4-2-5-9-15)12-17(19)16-10-6-3-7-11-16/h2-11,13-14H,12H2,1H3. The van der Waals surface area contributed by atoms with Gasteiger partial charge < -0.3 is 0 Å². The first-order valence-electron chi connectivity index (χ1n) is 6.42. The lowest BCUT2D eigenvalue weighted by molar-refractivity contribution is 0.0977. The molecule has 0 aliphatic heterocycles. The van der Waals surface area contributed by atoms with Crippen LogP contribution >= 0.6 is 0 Å². The van der Waals surface area contributed by atoms with Crippen molar-refractivity contribution < 1.29 is 4.79 Å². The number of benzene rings is 2. The van der Waals surface area contributed by atoms with Gasteiger partial charge in [-0.1, -0.05) is 60.7 Å². The van der Waals surface area contributed by atoms with Crippen LogP contribution in [0.15, 0.2) is 65.7 Å². The van der Waals surface area contributed by atoms with Crippen molar-refractivity contribution >= 4 is 12.0 Å². The zero-order valence-electron chi connectivity index (χ0n) is 11.0. The van der Waals surface area contributed by atoms with Crippen LogP contribution in [0.1, 0.15) is 29.3 Å². The molecule has 0 N–H and O–H groups in total. The van der Waals surface area contributed by atoms with Crippen LogP contribution in [0.25, 0.3) is 0 Å². The van der Waals surface area contributed by atoms with Crippen molar-refractivity contribution in [3.63, 3.8) is 0 Å². The minimum absolute atomic E-state index is 0.00656. The highest BCUT2D eigenvalue weighted by atomic mass is 16.1. The summed E-state index contributed by atoms with van der Waals surface area (Å²) in [5, 5.41) is 0. The van der Waals surface area contributed by atoms with E-state index >= 15 is 0 Å². The van der Waals surface area contributed by atoms with Crippen LogP contribution in [0, 0.1) is 0 Å². The Bertz CT molecular complexity index is 546. The molecule has 0 saturated heterocycles. The van der Waals surface area contributed by atoms with Crippen LogP contribution in [0.4, 0.5) is 0 Å². The lowest BCUT2D eigenvalue weighted by Crippen LogP contribution is -2.08. The Morgan fingerprint density at radius 3 is 2.26 bits per heavy atom. The predicted octanol–water partition coefficient (Wildman–Crippen LogP) is 3.77. The second-order valence-corrected chi connectivity index (χ2v) is 4.53. The van der Waals surface area contributed by atoms with E-state index in [2.05, 4.69) is 4.99 Å². The second kappa shape index (κ2) is 6.64. The second-order valence-electron chi connectivity index (χ2n) is 4.53. The van der Waals surface area contributed by atoms with Crippen LogP contribution in [0.2, 0.25) is 0 Å². The summed E-state index contributed by atoms with van der Waals surface area (Å²) < 4.78 is 0. The van der Waals surface area contributed by atoms with E-state index in [0.29, 0.717) is 6.42 Å². The maximum atomic E-state index is 12.0. The molecule has 0 heterocycles. The van der Waals surface area contributed by atoms with E-state index in [1.54, 1.807) is 0 Å². The third kappa shape index (κ3) is 4.18. The number of hydrogen-bond acceptors (Lipinski definition) is 2. The first-order valence-corrected chi connectivity index (χ1v) is 6.42. The Labute approximate surface area is 113 Å².